The summed E-state index contributed by atoms with van der Waals surface area (Å²) in [6.45, 7) is 4.98. The predicted octanol–water partition coefficient (Wildman–Crippen LogP) is 5.69. The smallest absolute Gasteiger partial charge is 0.251 e. The summed E-state index contributed by atoms with van der Waals surface area (Å²) in [5, 5.41) is 27.2. The molecule has 2 fully saturated rings. The molecule has 2 aromatic carbocycles. The molecule has 3 amide bonds. The van der Waals surface area contributed by atoms with Gasteiger partial charge >= 0.3 is 0 Å². The number of carbonyl (C=O) groups excluding carboxylic acids is 3. The van der Waals surface area contributed by atoms with E-state index in [9.17, 15) is 19.6 Å². The molecule has 3 aromatic heterocycles. The minimum absolute atomic E-state index is 0.134. The quantitative estimate of drug-likeness (QED) is 0.0475. The zero-order valence-electron chi connectivity index (χ0n) is 30.1. The third-order valence-corrected chi connectivity index (χ3v) is 10.7. The number of aromatic nitrogens is 5. The molecular formula is C39H43N11O3S. The number of nitriles is 1. The summed E-state index contributed by atoms with van der Waals surface area (Å²) in [4.78, 5) is 49.3. The number of H-pyrrole nitrogens is 1. The lowest BCUT2D eigenvalue weighted by Gasteiger charge is -2.48. The Bertz CT molecular complexity index is 2170. The molecule has 0 bridgehead atoms. The maximum absolute atomic E-state index is 12.9. The monoisotopic (exact) mass is 745 g/mol. The summed E-state index contributed by atoms with van der Waals surface area (Å²) in [5.41, 5.74) is 5.04. The number of hydrogen-bond donors (Lipinski definition) is 5. The first-order chi connectivity index (χ1) is 26.3. The van der Waals surface area contributed by atoms with Crippen LogP contribution < -0.4 is 21.3 Å². The standard InChI is InChI=1S/C39H43N11O3S/c1-2-54-49-24-39(25-49,16-17-40)50-23-28(22-44-50)34-32-15-20-42-35(32)48-38(47-34)45-29-11-9-26(10-12-29)36(52)43-19-5-3-4-18-41-30-8-6-7-27(21-30)31-13-14-33(51)46-37(31)53/h6-12,15,20-23,31,41H,2-5,13-14,16,18-19,24-25H2,1H3,(H,43,52)(H,46,51,53)(H2,42,45,47,48). The molecule has 2 aliphatic rings. The van der Waals surface area contributed by atoms with Gasteiger partial charge in [0.05, 0.1) is 30.3 Å². The fourth-order valence-electron chi connectivity index (χ4n) is 6.97. The van der Waals surface area contributed by atoms with Crippen LogP contribution in [0.2, 0.25) is 0 Å². The van der Waals surface area contributed by atoms with Crippen LogP contribution >= 0.6 is 11.9 Å². The van der Waals surface area contributed by atoms with Gasteiger partial charge < -0.3 is 20.9 Å². The lowest BCUT2D eigenvalue weighted by Crippen LogP contribution is -2.60. The lowest BCUT2D eigenvalue weighted by molar-refractivity contribution is -0.134. The summed E-state index contributed by atoms with van der Waals surface area (Å²) >= 11 is 1.77. The number of nitrogens with zero attached hydrogens (tertiary/aromatic N) is 6. The number of carbonyl (C=O) groups is 3. The van der Waals surface area contributed by atoms with Crippen LogP contribution in [0, 0.1) is 11.3 Å². The number of anilines is 3. The van der Waals surface area contributed by atoms with Gasteiger partial charge in [0.1, 0.15) is 11.2 Å². The number of nitrogens with one attached hydrogen (secondary N) is 5. The van der Waals surface area contributed by atoms with E-state index in [4.69, 9.17) is 4.98 Å². The van der Waals surface area contributed by atoms with Gasteiger partial charge in [-0.3, -0.25) is 24.4 Å². The Balaban J connectivity index is 0.883. The number of amides is 3. The van der Waals surface area contributed by atoms with Crippen molar-refractivity contribution in [1.82, 2.24) is 39.7 Å². The molecule has 278 valence electrons. The zero-order chi connectivity index (χ0) is 37.5. The molecular weight excluding hydrogens is 703 g/mol. The van der Waals surface area contributed by atoms with Crippen molar-refractivity contribution in [2.75, 3.05) is 42.6 Å². The minimum Gasteiger partial charge on any atom is -0.385 e. The van der Waals surface area contributed by atoms with Gasteiger partial charge in [0, 0.05) is 78.6 Å². The molecule has 0 aliphatic carbocycles. The highest BCUT2D eigenvalue weighted by molar-refractivity contribution is 7.97. The van der Waals surface area contributed by atoms with Crippen molar-refractivity contribution in [2.45, 2.75) is 56.9 Å². The van der Waals surface area contributed by atoms with Gasteiger partial charge in [-0.05, 0) is 73.7 Å². The Morgan fingerprint density at radius 1 is 1.06 bits per heavy atom. The van der Waals surface area contributed by atoms with Crippen molar-refractivity contribution < 1.29 is 14.4 Å². The number of imide groups is 1. The lowest BCUT2D eigenvalue weighted by atomic mass is 9.89. The molecule has 5 N–H and O–H groups in total. The number of aromatic amines is 1. The van der Waals surface area contributed by atoms with Crippen LogP contribution in [0.1, 0.15) is 67.3 Å². The van der Waals surface area contributed by atoms with Crippen molar-refractivity contribution >= 4 is 58.0 Å². The second-order valence-corrected chi connectivity index (χ2v) is 15.0. The molecule has 5 heterocycles. The maximum atomic E-state index is 12.9. The summed E-state index contributed by atoms with van der Waals surface area (Å²) in [6.07, 6.45) is 9.58. The first kappa shape index (κ1) is 36.6. The Hall–Kier alpha value is -5.72. The normalized spacial score (nSPS) is 16.7. The molecule has 54 heavy (non-hydrogen) atoms. The highest BCUT2D eigenvalue weighted by Gasteiger charge is 2.45. The summed E-state index contributed by atoms with van der Waals surface area (Å²) < 4.78 is 4.19. The van der Waals surface area contributed by atoms with Gasteiger partial charge in [-0.2, -0.15) is 15.3 Å². The Morgan fingerprint density at radius 3 is 2.69 bits per heavy atom. The Labute approximate surface area is 317 Å². The highest BCUT2D eigenvalue weighted by Crippen LogP contribution is 2.38. The first-order valence-electron chi connectivity index (χ1n) is 18.3. The second-order valence-electron chi connectivity index (χ2n) is 13.7. The van der Waals surface area contributed by atoms with Crippen molar-refractivity contribution in [3.05, 3.63) is 84.3 Å². The van der Waals surface area contributed by atoms with E-state index in [1.807, 2.05) is 59.5 Å². The van der Waals surface area contributed by atoms with Gasteiger partial charge in [0.15, 0.2) is 0 Å². The minimum atomic E-state index is -0.358. The summed E-state index contributed by atoms with van der Waals surface area (Å²) in [6, 6.07) is 19.3. The molecule has 7 rings (SSSR count). The number of unbranched alkanes of at least 4 members (excludes halogenated alkanes) is 2. The van der Waals surface area contributed by atoms with Gasteiger partial charge in [-0.25, -0.2) is 9.29 Å². The molecule has 15 heteroatoms. The van der Waals surface area contributed by atoms with E-state index in [0.29, 0.717) is 43.0 Å². The van der Waals surface area contributed by atoms with Gasteiger partial charge in [0.2, 0.25) is 17.8 Å². The number of piperidine rings is 1. The highest BCUT2D eigenvalue weighted by atomic mass is 32.2. The van der Waals surface area contributed by atoms with Crippen LogP contribution in [0.5, 0.6) is 0 Å². The van der Waals surface area contributed by atoms with Crippen molar-refractivity contribution in [3.8, 4) is 17.3 Å². The van der Waals surface area contributed by atoms with Gasteiger partial charge in [-0.15, -0.1) is 0 Å². The SMILES string of the molecule is CCSN1CC(CC#N)(n2cc(-c3nc(Nc4ccc(C(=O)NCCCCCNc5cccc(C6CCC(=O)NC6=O)c5)cc4)nc4[nH]ccc34)cn2)C1. The number of rotatable bonds is 16. The molecule has 2 aliphatic heterocycles. The third-order valence-electron chi connectivity index (χ3n) is 9.82. The Morgan fingerprint density at radius 2 is 1.89 bits per heavy atom. The molecule has 0 spiro atoms. The number of benzene rings is 2. The van der Waals surface area contributed by atoms with E-state index in [2.05, 4.69) is 53.6 Å². The van der Waals surface area contributed by atoms with Crippen LogP contribution in [0.3, 0.4) is 0 Å². The Kier molecular flexibility index (Phi) is 11.2. The van der Waals surface area contributed by atoms with Crippen LogP contribution in [-0.4, -0.2) is 78.7 Å². The van der Waals surface area contributed by atoms with E-state index < -0.39 is 0 Å². The van der Waals surface area contributed by atoms with Crippen LogP contribution in [-0.2, 0) is 15.1 Å². The van der Waals surface area contributed by atoms with E-state index in [-0.39, 0.29) is 29.2 Å². The molecule has 1 atom stereocenters. The first-order valence-corrected chi connectivity index (χ1v) is 19.3. The van der Waals surface area contributed by atoms with Crippen molar-refractivity contribution in [1.29, 1.82) is 5.26 Å². The van der Waals surface area contributed by atoms with Crippen molar-refractivity contribution in [3.63, 3.8) is 0 Å². The fourth-order valence-corrected chi connectivity index (χ4v) is 7.99. The van der Waals surface area contributed by atoms with Gasteiger partial charge in [0.25, 0.3) is 5.91 Å². The predicted molar refractivity (Wildman–Crippen MR) is 209 cm³/mol. The van der Waals surface area contributed by atoms with E-state index in [1.54, 1.807) is 30.3 Å². The zero-order valence-corrected chi connectivity index (χ0v) is 30.9. The number of hydrogen-bond acceptors (Lipinski definition) is 11. The van der Waals surface area contributed by atoms with Crippen LogP contribution in [0.25, 0.3) is 22.3 Å². The second kappa shape index (κ2) is 16.5. The average molecular weight is 746 g/mol. The summed E-state index contributed by atoms with van der Waals surface area (Å²) in [5.74, 6) is 0.511. The molecule has 0 saturated carbocycles. The molecule has 14 nitrogen and oxygen atoms in total. The van der Waals surface area contributed by atoms with E-state index >= 15 is 0 Å². The summed E-state index contributed by atoms with van der Waals surface area (Å²) in [7, 11) is 0. The van der Waals surface area contributed by atoms with E-state index in [0.717, 1.165) is 78.2 Å². The number of fused-ring (bicyclic) bond motifs is 1. The fraction of sp³-hybridized carbons (Fsp3) is 0.359. The molecule has 2 saturated heterocycles. The topological polar surface area (TPSA) is 186 Å². The largest absolute Gasteiger partial charge is 0.385 e. The molecule has 5 aromatic rings. The van der Waals surface area contributed by atoms with Crippen molar-refractivity contribution in [2.24, 2.45) is 0 Å². The third kappa shape index (κ3) is 8.24. The van der Waals surface area contributed by atoms with Gasteiger partial charge in [-0.1, -0.05) is 31.0 Å². The average Bonchev–Trinajstić information content (AvgIpc) is 3.85. The molecule has 1 unspecified atom stereocenters. The van der Waals surface area contributed by atoms with E-state index in [1.165, 1.54) is 0 Å². The van der Waals surface area contributed by atoms with Crippen LogP contribution in [0.4, 0.5) is 17.3 Å². The maximum Gasteiger partial charge on any atom is 0.251 e. The molecule has 0 radical (unpaired) electrons. The van der Waals surface area contributed by atoms with Crippen LogP contribution in [0.15, 0.2) is 73.2 Å².